The molecule has 0 unspecified atom stereocenters. The summed E-state index contributed by atoms with van der Waals surface area (Å²) >= 11 is 6.26. The van der Waals surface area contributed by atoms with Crippen molar-refractivity contribution in [3.8, 4) is 16.9 Å². The van der Waals surface area contributed by atoms with Crippen molar-refractivity contribution in [2.75, 3.05) is 57.1 Å². The van der Waals surface area contributed by atoms with Gasteiger partial charge in [-0.1, -0.05) is 60.1 Å². The first-order chi connectivity index (χ1) is 22.8. The monoisotopic (exact) mass is 662 g/mol. The van der Waals surface area contributed by atoms with Crippen molar-refractivity contribution in [2.45, 2.75) is 45.1 Å². The molecular formula is C36H43ClN4O6. The lowest BCUT2D eigenvalue weighted by Crippen LogP contribution is -2.43. The lowest BCUT2D eigenvalue weighted by molar-refractivity contribution is -0.133. The number of hydrogen-bond donors (Lipinski definition) is 2. The van der Waals surface area contributed by atoms with E-state index in [4.69, 9.17) is 25.8 Å². The van der Waals surface area contributed by atoms with Gasteiger partial charge in [-0.25, -0.2) is 9.59 Å². The Morgan fingerprint density at radius 2 is 1.53 bits per heavy atom. The molecule has 2 aliphatic heterocycles. The van der Waals surface area contributed by atoms with Gasteiger partial charge < -0.3 is 24.0 Å². The van der Waals surface area contributed by atoms with Crippen LogP contribution in [0.4, 0.5) is 21.0 Å². The van der Waals surface area contributed by atoms with Crippen molar-refractivity contribution < 1.29 is 28.6 Å². The number of benzene rings is 3. The van der Waals surface area contributed by atoms with E-state index in [2.05, 4.69) is 15.5 Å². The number of hydrogen-bond acceptors (Lipinski definition) is 7. The van der Waals surface area contributed by atoms with E-state index in [1.165, 1.54) is 0 Å². The number of anilines is 2. The smallest absolute Gasteiger partial charge is 0.411 e. The highest BCUT2D eigenvalue weighted by atomic mass is 35.5. The average molecular weight is 663 g/mol. The third-order valence-electron chi connectivity index (χ3n) is 8.84. The molecule has 0 saturated carbocycles. The molecule has 3 aromatic carbocycles. The maximum Gasteiger partial charge on any atom is 0.411 e. The molecule has 0 aromatic heterocycles. The van der Waals surface area contributed by atoms with E-state index in [1.54, 1.807) is 19.2 Å². The minimum absolute atomic E-state index is 0.139. The molecule has 250 valence electrons. The van der Waals surface area contributed by atoms with E-state index in [9.17, 15) is 14.4 Å². The summed E-state index contributed by atoms with van der Waals surface area (Å²) in [7, 11) is 1.56. The highest BCUT2D eigenvalue weighted by Gasteiger charge is 2.26. The van der Waals surface area contributed by atoms with E-state index < -0.39 is 12.2 Å². The highest BCUT2D eigenvalue weighted by molar-refractivity contribution is 6.33. The zero-order valence-electron chi connectivity index (χ0n) is 27.0. The molecule has 0 bridgehead atoms. The molecule has 0 atom stereocenters. The Bertz CT molecular complexity index is 1520. The van der Waals surface area contributed by atoms with Crippen LogP contribution in [-0.2, 0) is 14.3 Å². The van der Waals surface area contributed by atoms with Gasteiger partial charge in [-0.05, 0) is 61.8 Å². The summed E-state index contributed by atoms with van der Waals surface area (Å²) in [4.78, 5) is 42.2. The number of nitrogens with one attached hydrogen (secondary N) is 2. The predicted octanol–water partition coefficient (Wildman–Crippen LogP) is 7.21. The second-order valence-corrected chi connectivity index (χ2v) is 12.5. The van der Waals surface area contributed by atoms with Crippen LogP contribution in [0.15, 0.2) is 66.7 Å². The third-order valence-corrected chi connectivity index (χ3v) is 9.15. The van der Waals surface area contributed by atoms with E-state index >= 15 is 0 Å². The Kier molecular flexibility index (Phi) is 12.0. The molecule has 2 saturated heterocycles. The lowest BCUT2D eigenvalue weighted by atomic mass is 9.97. The van der Waals surface area contributed by atoms with E-state index in [1.807, 2.05) is 66.4 Å². The summed E-state index contributed by atoms with van der Waals surface area (Å²) in [6.07, 6.45) is 2.28. The van der Waals surface area contributed by atoms with Crippen molar-refractivity contribution in [1.82, 2.24) is 9.80 Å². The summed E-state index contributed by atoms with van der Waals surface area (Å²) in [5.74, 6) is 0.956. The van der Waals surface area contributed by atoms with Crippen molar-refractivity contribution in [3.05, 3.63) is 77.3 Å². The Hall–Kier alpha value is -4.28. The Labute approximate surface area is 281 Å². The number of methoxy groups -OCH3 is 1. The number of aryl methyl sites for hydroxylation is 1. The van der Waals surface area contributed by atoms with Gasteiger partial charge in [0.1, 0.15) is 11.9 Å². The summed E-state index contributed by atoms with van der Waals surface area (Å²) < 4.78 is 16.5. The number of carbonyl (C=O) groups is 3. The van der Waals surface area contributed by atoms with Gasteiger partial charge in [0.05, 0.1) is 30.1 Å². The number of rotatable bonds is 10. The van der Waals surface area contributed by atoms with Crippen LogP contribution in [0.2, 0.25) is 5.02 Å². The summed E-state index contributed by atoms with van der Waals surface area (Å²) in [5.41, 5.74) is 3.98. The van der Waals surface area contributed by atoms with Crippen molar-refractivity contribution in [1.29, 1.82) is 0 Å². The Morgan fingerprint density at radius 3 is 2.26 bits per heavy atom. The molecule has 0 spiro atoms. The Balaban J connectivity index is 0.962. The number of piperidine rings is 2. The molecule has 2 N–H and O–H groups in total. The minimum Gasteiger partial charge on any atom is -0.496 e. The van der Waals surface area contributed by atoms with Gasteiger partial charge in [0, 0.05) is 50.8 Å². The van der Waals surface area contributed by atoms with Gasteiger partial charge in [-0.15, -0.1) is 0 Å². The minimum atomic E-state index is -0.570. The lowest BCUT2D eigenvalue weighted by Gasteiger charge is -2.34. The SMILES string of the molecule is COc1cc(NC(=O)OCC2CCN(C(=O)CCN3CCC(OC(=O)Nc4ccccc4-c4ccccc4)CC3)CC2)c(Cl)cc1C. The van der Waals surface area contributed by atoms with E-state index in [0.717, 1.165) is 55.5 Å². The average Bonchev–Trinajstić information content (AvgIpc) is 3.09. The van der Waals surface area contributed by atoms with Crippen LogP contribution in [0.3, 0.4) is 0 Å². The fourth-order valence-corrected chi connectivity index (χ4v) is 6.34. The second-order valence-electron chi connectivity index (χ2n) is 12.1. The standard InChI is InChI=1S/C36H43ClN4O6/c1-25-22-30(37)32(23-33(25)45-2)39-35(43)46-24-26-12-20-41(21-13-26)34(42)16-19-40-17-14-28(15-18-40)47-36(44)38-31-11-7-6-10-29(31)27-8-4-3-5-9-27/h3-11,22-23,26,28H,12-21,24H2,1-2H3,(H,38,44)(H,39,43). The maximum atomic E-state index is 12.9. The van der Waals surface area contributed by atoms with Crippen molar-refractivity contribution >= 4 is 41.1 Å². The van der Waals surface area contributed by atoms with Gasteiger partial charge in [-0.3, -0.25) is 15.4 Å². The molecule has 2 fully saturated rings. The third kappa shape index (κ3) is 9.62. The van der Waals surface area contributed by atoms with Crippen LogP contribution in [0, 0.1) is 12.8 Å². The largest absolute Gasteiger partial charge is 0.496 e. The predicted molar refractivity (Wildman–Crippen MR) is 183 cm³/mol. The van der Waals surface area contributed by atoms with Crippen molar-refractivity contribution in [2.24, 2.45) is 5.92 Å². The van der Waals surface area contributed by atoms with Gasteiger partial charge in [0.2, 0.25) is 5.91 Å². The van der Waals surface area contributed by atoms with Crippen LogP contribution < -0.4 is 15.4 Å². The fourth-order valence-electron chi connectivity index (χ4n) is 6.07. The first-order valence-electron chi connectivity index (χ1n) is 16.2. The van der Waals surface area contributed by atoms with Crippen LogP contribution in [-0.4, -0.2) is 80.4 Å². The zero-order valence-corrected chi connectivity index (χ0v) is 27.8. The molecule has 3 aromatic rings. The van der Waals surface area contributed by atoms with Gasteiger partial charge in [0.25, 0.3) is 0 Å². The van der Waals surface area contributed by atoms with Gasteiger partial charge in [0.15, 0.2) is 0 Å². The molecule has 0 aliphatic carbocycles. The number of amides is 3. The summed E-state index contributed by atoms with van der Waals surface area (Å²) in [6.45, 7) is 5.67. The molecule has 10 nitrogen and oxygen atoms in total. The summed E-state index contributed by atoms with van der Waals surface area (Å²) in [5, 5.41) is 6.01. The number of para-hydroxylation sites is 1. The summed E-state index contributed by atoms with van der Waals surface area (Å²) in [6, 6.07) is 21.0. The quantitative estimate of drug-likeness (QED) is 0.236. The first kappa shape index (κ1) is 34.1. The molecule has 5 rings (SSSR count). The number of carbonyl (C=O) groups excluding carboxylic acids is 3. The Morgan fingerprint density at radius 1 is 0.851 bits per heavy atom. The van der Waals surface area contributed by atoms with Crippen LogP contribution >= 0.6 is 11.6 Å². The number of ether oxygens (including phenoxy) is 3. The molecule has 47 heavy (non-hydrogen) atoms. The molecular weight excluding hydrogens is 620 g/mol. The normalized spacial score (nSPS) is 15.9. The van der Waals surface area contributed by atoms with Crippen LogP contribution in [0.1, 0.15) is 37.7 Å². The number of nitrogens with zero attached hydrogens (tertiary/aromatic N) is 2. The molecule has 11 heteroatoms. The number of halogens is 1. The van der Waals surface area contributed by atoms with Crippen molar-refractivity contribution in [3.63, 3.8) is 0 Å². The topological polar surface area (TPSA) is 109 Å². The fraction of sp³-hybridized carbons (Fsp3) is 0.417. The molecule has 3 amide bonds. The van der Waals surface area contributed by atoms with E-state index in [-0.39, 0.29) is 24.5 Å². The zero-order chi connectivity index (χ0) is 33.2. The number of likely N-dealkylation sites (tertiary alicyclic amines) is 2. The molecule has 0 radical (unpaired) electrons. The maximum absolute atomic E-state index is 12.9. The van der Waals surface area contributed by atoms with Gasteiger partial charge in [-0.2, -0.15) is 0 Å². The molecule has 2 aliphatic rings. The van der Waals surface area contributed by atoms with Crippen LogP contribution in [0.5, 0.6) is 5.75 Å². The molecule has 2 heterocycles. The van der Waals surface area contributed by atoms with Crippen LogP contribution in [0.25, 0.3) is 11.1 Å². The first-order valence-corrected chi connectivity index (χ1v) is 16.6. The second kappa shape index (κ2) is 16.5. The highest BCUT2D eigenvalue weighted by Crippen LogP contribution is 2.31. The van der Waals surface area contributed by atoms with Gasteiger partial charge >= 0.3 is 12.2 Å². The van der Waals surface area contributed by atoms with E-state index in [0.29, 0.717) is 48.2 Å².